The molecule has 0 unspecified atom stereocenters. The minimum Gasteiger partial charge on any atom is -0.411 e. The van der Waals surface area contributed by atoms with Gasteiger partial charge in [0.15, 0.2) is 0 Å². The fourth-order valence-electron chi connectivity index (χ4n) is 1.80. The second-order valence-corrected chi connectivity index (χ2v) is 4.81. The summed E-state index contributed by atoms with van der Waals surface area (Å²) in [5.41, 5.74) is 1.82. The predicted octanol–water partition coefficient (Wildman–Crippen LogP) is 2.12. The number of piperidine rings is 1. The van der Waals surface area contributed by atoms with E-state index in [-0.39, 0.29) is 5.91 Å². The molecule has 0 bridgehead atoms. The Kier molecular flexibility index (Phi) is 3.24. The van der Waals surface area contributed by atoms with Gasteiger partial charge in [0.2, 0.25) is 0 Å². The lowest BCUT2D eigenvalue weighted by molar-refractivity contribution is 0.0758. The molecule has 1 saturated heterocycles. The molecule has 2 rings (SSSR count). The van der Waals surface area contributed by atoms with Crippen molar-refractivity contribution in [3.8, 4) is 0 Å². The second kappa shape index (κ2) is 4.65. The van der Waals surface area contributed by atoms with E-state index in [2.05, 4.69) is 5.16 Å². The summed E-state index contributed by atoms with van der Waals surface area (Å²) in [6, 6.07) is 1.96. The Bertz CT molecular complexity index is 415. The largest absolute Gasteiger partial charge is 0.411 e. The number of hydrogen-bond acceptors (Lipinski definition) is 4. The fourth-order valence-corrected chi connectivity index (χ4v) is 2.70. The molecule has 5 heteroatoms. The number of carbonyl (C=O) groups is 1. The first-order valence-electron chi connectivity index (χ1n) is 5.25. The zero-order valence-electron chi connectivity index (χ0n) is 9.14. The lowest BCUT2D eigenvalue weighted by Gasteiger charge is -2.26. The van der Waals surface area contributed by atoms with Crippen LogP contribution in [-0.4, -0.2) is 34.8 Å². The summed E-state index contributed by atoms with van der Waals surface area (Å²) in [4.78, 5) is 14.8. The fraction of sp³-hybridized carbons (Fsp3) is 0.455. The third-order valence-electron chi connectivity index (χ3n) is 2.83. The number of aryl methyl sites for hydroxylation is 1. The van der Waals surface area contributed by atoms with Gasteiger partial charge in [-0.15, -0.1) is 11.3 Å². The number of likely N-dealkylation sites (tertiary alicyclic amines) is 1. The Labute approximate surface area is 98.2 Å². The van der Waals surface area contributed by atoms with Gasteiger partial charge in [0, 0.05) is 25.9 Å². The average molecular weight is 238 g/mol. The van der Waals surface area contributed by atoms with Crippen LogP contribution in [0.2, 0.25) is 0 Å². The topological polar surface area (TPSA) is 52.9 Å². The van der Waals surface area contributed by atoms with Gasteiger partial charge in [-0.25, -0.2) is 0 Å². The van der Waals surface area contributed by atoms with Crippen molar-refractivity contribution >= 4 is 23.0 Å². The van der Waals surface area contributed by atoms with Crippen molar-refractivity contribution in [1.29, 1.82) is 0 Å². The number of thiophene rings is 1. The van der Waals surface area contributed by atoms with Gasteiger partial charge in [0.25, 0.3) is 5.91 Å². The van der Waals surface area contributed by atoms with E-state index < -0.39 is 0 Å². The average Bonchev–Trinajstić information content (AvgIpc) is 2.75. The molecule has 0 aliphatic carbocycles. The standard InChI is InChI=1S/C11H14N2O2S/c1-8-4-7-16-10(8)11(14)13-5-2-9(12-15)3-6-13/h4,7,15H,2-3,5-6H2,1H3. The molecule has 1 amide bonds. The molecule has 0 atom stereocenters. The van der Waals surface area contributed by atoms with E-state index in [4.69, 9.17) is 5.21 Å². The first-order chi connectivity index (χ1) is 7.72. The van der Waals surface area contributed by atoms with Crippen molar-refractivity contribution in [2.45, 2.75) is 19.8 Å². The highest BCUT2D eigenvalue weighted by Gasteiger charge is 2.22. The maximum Gasteiger partial charge on any atom is 0.264 e. The molecule has 4 nitrogen and oxygen atoms in total. The smallest absolute Gasteiger partial charge is 0.264 e. The normalized spacial score (nSPS) is 16.3. The molecule has 1 aliphatic rings. The van der Waals surface area contributed by atoms with Crippen molar-refractivity contribution in [3.63, 3.8) is 0 Å². The molecule has 1 aromatic heterocycles. The summed E-state index contributed by atoms with van der Waals surface area (Å²) in [6.45, 7) is 3.25. The van der Waals surface area contributed by atoms with E-state index in [1.807, 2.05) is 23.3 Å². The Hall–Kier alpha value is -1.36. The first kappa shape index (κ1) is 11.1. The minimum absolute atomic E-state index is 0.101. The van der Waals surface area contributed by atoms with Crippen LogP contribution in [0, 0.1) is 6.92 Å². The predicted molar refractivity (Wildman–Crippen MR) is 63.4 cm³/mol. The summed E-state index contributed by atoms with van der Waals surface area (Å²) in [5, 5.41) is 13.8. The highest BCUT2D eigenvalue weighted by atomic mass is 32.1. The molecular weight excluding hydrogens is 224 g/mol. The van der Waals surface area contributed by atoms with Crippen molar-refractivity contribution < 1.29 is 10.0 Å². The highest BCUT2D eigenvalue weighted by molar-refractivity contribution is 7.12. The molecule has 0 saturated carbocycles. The van der Waals surface area contributed by atoms with Crippen molar-refractivity contribution in [2.24, 2.45) is 5.16 Å². The second-order valence-electron chi connectivity index (χ2n) is 3.89. The van der Waals surface area contributed by atoms with Gasteiger partial charge in [-0.05, 0) is 23.9 Å². The number of oxime groups is 1. The minimum atomic E-state index is 0.101. The van der Waals surface area contributed by atoms with Crippen LogP contribution in [0.25, 0.3) is 0 Å². The van der Waals surface area contributed by atoms with Crippen molar-refractivity contribution in [3.05, 3.63) is 21.9 Å². The molecule has 1 fully saturated rings. The van der Waals surface area contributed by atoms with Gasteiger partial charge < -0.3 is 10.1 Å². The monoisotopic (exact) mass is 238 g/mol. The highest BCUT2D eigenvalue weighted by Crippen LogP contribution is 2.19. The van der Waals surface area contributed by atoms with Crippen molar-refractivity contribution in [1.82, 2.24) is 4.90 Å². The Morgan fingerprint density at radius 1 is 1.50 bits per heavy atom. The first-order valence-corrected chi connectivity index (χ1v) is 6.13. The molecule has 1 aromatic rings. The van der Waals surface area contributed by atoms with E-state index in [1.165, 1.54) is 11.3 Å². The van der Waals surface area contributed by atoms with Crippen LogP contribution in [0.3, 0.4) is 0 Å². The summed E-state index contributed by atoms with van der Waals surface area (Å²) in [5.74, 6) is 0.101. The number of amides is 1. The molecule has 86 valence electrons. The molecule has 1 aliphatic heterocycles. The lowest BCUT2D eigenvalue weighted by Crippen LogP contribution is -2.38. The Morgan fingerprint density at radius 2 is 2.19 bits per heavy atom. The van der Waals surface area contributed by atoms with E-state index >= 15 is 0 Å². The molecule has 1 N–H and O–H groups in total. The van der Waals surface area contributed by atoms with Crippen molar-refractivity contribution in [2.75, 3.05) is 13.1 Å². The van der Waals surface area contributed by atoms with Crippen LogP contribution in [0.5, 0.6) is 0 Å². The number of nitrogens with zero attached hydrogens (tertiary/aromatic N) is 2. The van der Waals surface area contributed by atoms with Crippen LogP contribution in [0.15, 0.2) is 16.6 Å². The summed E-state index contributed by atoms with van der Waals surface area (Å²) < 4.78 is 0. The molecule has 0 radical (unpaired) electrons. The maximum absolute atomic E-state index is 12.1. The van der Waals surface area contributed by atoms with Crippen LogP contribution >= 0.6 is 11.3 Å². The third kappa shape index (κ3) is 2.09. The Morgan fingerprint density at radius 3 is 2.69 bits per heavy atom. The van der Waals surface area contributed by atoms with E-state index in [9.17, 15) is 4.79 Å². The Balaban J connectivity index is 2.05. The SMILES string of the molecule is Cc1ccsc1C(=O)N1CCC(=NO)CC1. The van der Waals surface area contributed by atoms with Gasteiger partial charge in [0.1, 0.15) is 0 Å². The van der Waals surface area contributed by atoms with Crippen LogP contribution in [0.1, 0.15) is 28.1 Å². The molecule has 2 heterocycles. The number of rotatable bonds is 1. The third-order valence-corrected chi connectivity index (χ3v) is 3.83. The van der Waals surface area contributed by atoms with E-state index in [0.717, 1.165) is 16.2 Å². The summed E-state index contributed by atoms with van der Waals surface area (Å²) in [6.07, 6.45) is 1.35. The van der Waals surface area contributed by atoms with E-state index in [1.54, 1.807) is 0 Å². The van der Waals surface area contributed by atoms with E-state index in [0.29, 0.717) is 25.9 Å². The van der Waals surface area contributed by atoms with Gasteiger partial charge in [0.05, 0.1) is 10.6 Å². The van der Waals surface area contributed by atoms with Crippen LogP contribution in [0.4, 0.5) is 0 Å². The summed E-state index contributed by atoms with van der Waals surface area (Å²) in [7, 11) is 0. The maximum atomic E-state index is 12.1. The molecule has 0 spiro atoms. The van der Waals surface area contributed by atoms with Crippen LogP contribution in [-0.2, 0) is 0 Å². The number of hydrogen-bond donors (Lipinski definition) is 1. The van der Waals surface area contributed by atoms with Gasteiger partial charge >= 0.3 is 0 Å². The molecular formula is C11H14N2O2S. The van der Waals surface area contributed by atoms with Gasteiger partial charge in [-0.2, -0.15) is 0 Å². The lowest BCUT2D eigenvalue weighted by atomic mass is 10.1. The number of carbonyl (C=O) groups excluding carboxylic acids is 1. The van der Waals surface area contributed by atoms with Gasteiger partial charge in [-0.3, -0.25) is 4.79 Å². The molecule has 0 aromatic carbocycles. The zero-order chi connectivity index (χ0) is 11.5. The van der Waals surface area contributed by atoms with Gasteiger partial charge in [-0.1, -0.05) is 5.16 Å². The van der Waals surface area contributed by atoms with Crippen LogP contribution < -0.4 is 0 Å². The quantitative estimate of drug-likeness (QED) is 0.602. The molecule has 16 heavy (non-hydrogen) atoms. The summed E-state index contributed by atoms with van der Waals surface area (Å²) >= 11 is 1.49. The zero-order valence-corrected chi connectivity index (χ0v) is 9.96.